The fraction of sp³-hybridized carbons (Fsp3) is 0.286. The molecule has 118 valence electrons. The Morgan fingerprint density at radius 3 is 2.68 bits per heavy atom. The summed E-state index contributed by atoms with van der Waals surface area (Å²) in [4.78, 5) is 11.7. The maximum atomic E-state index is 13.7. The van der Waals surface area contributed by atoms with Gasteiger partial charge in [-0.15, -0.1) is 0 Å². The second-order valence-corrected chi connectivity index (χ2v) is 4.57. The second kappa shape index (κ2) is 6.17. The van der Waals surface area contributed by atoms with E-state index in [2.05, 4.69) is 5.10 Å². The van der Waals surface area contributed by atoms with Crippen LogP contribution in [0.5, 0.6) is 0 Å². The third-order valence-electron chi connectivity index (χ3n) is 2.91. The molecule has 0 spiro atoms. The van der Waals surface area contributed by atoms with Gasteiger partial charge in [-0.3, -0.25) is 4.68 Å². The van der Waals surface area contributed by atoms with Crippen molar-refractivity contribution in [1.82, 2.24) is 9.78 Å². The molecule has 0 aliphatic heterocycles. The maximum absolute atomic E-state index is 13.7. The predicted molar refractivity (Wildman–Crippen MR) is 68.6 cm³/mol. The molecule has 8 heteroatoms. The van der Waals surface area contributed by atoms with Gasteiger partial charge in [-0.2, -0.15) is 18.3 Å². The smallest absolute Gasteiger partial charge is 0.419 e. The van der Waals surface area contributed by atoms with Crippen LogP contribution < -0.4 is 0 Å². The van der Waals surface area contributed by atoms with Crippen molar-refractivity contribution in [1.29, 1.82) is 0 Å². The van der Waals surface area contributed by atoms with E-state index in [0.29, 0.717) is 12.5 Å². The van der Waals surface area contributed by atoms with Crippen molar-refractivity contribution in [3.8, 4) is 0 Å². The topological polar surface area (TPSA) is 44.1 Å². The highest BCUT2D eigenvalue weighted by atomic mass is 19.4. The first kappa shape index (κ1) is 16.0. The molecule has 2 rings (SSSR count). The highest BCUT2D eigenvalue weighted by molar-refractivity contribution is 5.90. The number of hydrogen-bond donors (Lipinski definition) is 0. The summed E-state index contributed by atoms with van der Waals surface area (Å²) in [6, 6.07) is 2.49. The number of esters is 1. The van der Waals surface area contributed by atoms with E-state index >= 15 is 0 Å². The summed E-state index contributed by atoms with van der Waals surface area (Å²) in [7, 11) is 1.72. The van der Waals surface area contributed by atoms with Gasteiger partial charge < -0.3 is 4.74 Å². The normalized spacial score (nSPS) is 11.5. The minimum Gasteiger partial charge on any atom is -0.462 e. The summed E-state index contributed by atoms with van der Waals surface area (Å²) >= 11 is 0. The lowest BCUT2D eigenvalue weighted by Gasteiger charge is -2.10. The summed E-state index contributed by atoms with van der Waals surface area (Å²) in [6.07, 6.45) is -1.26. The first-order chi connectivity index (χ1) is 10.3. The quantitative estimate of drug-likeness (QED) is 0.643. The summed E-state index contributed by atoms with van der Waals surface area (Å²) in [6.45, 7) is -0.0831. The van der Waals surface area contributed by atoms with Gasteiger partial charge in [-0.05, 0) is 17.7 Å². The molecule has 1 aromatic carbocycles. The molecule has 0 bridgehead atoms. The van der Waals surface area contributed by atoms with Gasteiger partial charge >= 0.3 is 12.1 Å². The van der Waals surface area contributed by atoms with Crippen LogP contribution in [0, 0.1) is 5.82 Å². The van der Waals surface area contributed by atoms with Crippen LogP contribution in [-0.4, -0.2) is 22.4 Å². The number of hydrogen-bond acceptors (Lipinski definition) is 3. The van der Waals surface area contributed by atoms with Gasteiger partial charge in [0.05, 0.1) is 23.9 Å². The first-order valence-corrected chi connectivity index (χ1v) is 6.29. The van der Waals surface area contributed by atoms with E-state index in [1.165, 1.54) is 0 Å². The minimum atomic E-state index is -4.86. The molecule has 0 amide bonds. The zero-order valence-corrected chi connectivity index (χ0v) is 11.5. The van der Waals surface area contributed by atoms with E-state index in [9.17, 15) is 22.4 Å². The molecular weight excluding hydrogens is 304 g/mol. The Kier molecular flexibility index (Phi) is 4.48. The molecule has 0 radical (unpaired) electrons. The largest absolute Gasteiger partial charge is 0.462 e. The number of nitrogens with zero attached hydrogens (tertiary/aromatic N) is 2. The lowest BCUT2D eigenvalue weighted by molar-refractivity contribution is -0.140. The van der Waals surface area contributed by atoms with Crippen molar-refractivity contribution in [2.45, 2.75) is 12.6 Å². The van der Waals surface area contributed by atoms with Gasteiger partial charge in [0.15, 0.2) is 0 Å². The first-order valence-electron chi connectivity index (χ1n) is 6.29. The van der Waals surface area contributed by atoms with Crippen LogP contribution in [-0.2, 0) is 24.4 Å². The Hall–Kier alpha value is -2.38. The van der Waals surface area contributed by atoms with Gasteiger partial charge in [0.2, 0.25) is 0 Å². The third-order valence-corrected chi connectivity index (χ3v) is 2.91. The lowest BCUT2D eigenvalue weighted by Crippen LogP contribution is -2.15. The number of rotatable bonds is 4. The molecule has 0 saturated heterocycles. The molecular formula is C14H12F4N2O2. The zero-order chi connectivity index (χ0) is 16.3. The molecule has 0 atom stereocenters. The van der Waals surface area contributed by atoms with Gasteiger partial charge in [-0.25, -0.2) is 9.18 Å². The number of ether oxygens (including phenoxy) is 1. The van der Waals surface area contributed by atoms with Crippen molar-refractivity contribution < 1.29 is 27.1 Å². The fourth-order valence-corrected chi connectivity index (χ4v) is 1.85. The number of alkyl halides is 3. The third kappa shape index (κ3) is 3.63. The molecule has 2 aromatic rings. The molecule has 0 saturated carbocycles. The van der Waals surface area contributed by atoms with Crippen LogP contribution in [0.3, 0.4) is 0 Å². The molecule has 0 fully saturated rings. The summed E-state index contributed by atoms with van der Waals surface area (Å²) in [5.41, 5.74) is -1.44. The maximum Gasteiger partial charge on any atom is 0.419 e. The van der Waals surface area contributed by atoms with Gasteiger partial charge in [0.1, 0.15) is 5.82 Å². The highest BCUT2D eigenvalue weighted by Crippen LogP contribution is 2.32. The van der Waals surface area contributed by atoms with Crippen LogP contribution in [0.15, 0.2) is 30.6 Å². The molecule has 1 heterocycles. The Labute approximate surface area is 123 Å². The van der Waals surface area contributed by atoms with Crippen LogP contribution in [0.2, 0.25) is 0 Å². The van der Waals surface area contributed by atoms with Crippen molar-refractivity contribution in [2.24, 2.45) is 7.05 Å². The second-order valence-electron chi connectivity index (χ2n) is 4.57. The fourth-order valence-electron chi connectivity index (χ4n) is 1.85. The van der Waals surface area contributed by atoms with E-state index in [0.717, 1.165) is 17.7 Å². The van der Waals surface area contributed by atoms with E-state index < -0.39 is 29.1 Å². The van der Waals surface area contributed by atoms with Crippen LogP contribution in [0.4, 0.5) is 17.6 Å². The van der Waals surface area contributed by atoms with Crippen LogP contribution in [0.1, 0.15) is 21.5 Å². The van der Waals surface area contributed by atoms with Crippen LogP contribution in [0.25, 0.3) is 0 Å². The highest BCUT2D eigenvalue weighted by Gasteiger charge is 2.35. The van der Waals surface area contributed by atoms with Gasteiger partial charge in [0.25, 0.3) is 0 Å². The molecule has 0 unspecified atom stereocenters. The molecule has 1 aromatic heterocycles. The van der Waals surface area contributed by atoms with E-state index in [1.807, 2.05) is 0 Å². The average Bonchev–Trinajstić information content (AvgIpc) is 2.83. The SMILES string of the molecule is Cn1cc(CCOC(=O)c2cccc(C(F)(F)F)c2F)cn1. The summed E-state index contributed by atoms with van der Waals surface area (Å²) in [5, 5.41) is 3.92. The lowest BCUT2D eigenvalue weighted by atomic mass is 10.1. The standard InChI is InChI=1S/C14H12F4N2O2/c1-20-8-9(7-19-20)5-6-22-13(21)10-3-2-4-11(12(10)15)14(16,17)18/h2-4,7-8H,5-6H2,1H3. The number of carbonyl (C=O) groups is 1. The Bertz CT molecular complexity index is 680. The number of carbonyl (C=O) groups excluding carboxylic acids is 1. The number of aryl methyl sites for hydroxylation is 1. The Morgan fingerprint density at radius 1 is 1.36 bits per heavy atom. The minimum absolute atomic E-state index is 0.0831. The van der Waals surface area contributed by atoms with Crippen molar-refractivity contribution in [2.75, 3.05) is 6.61 Å². The van der Waals surface area contributed by atoms with E-state index in [4.69, 9.17) is 4.74 Å². The molecule has 22 heavy (non-hydrogen) atoms. The molecule has 0 aliphatic rings. The average molecular weight is 316 g/mol. The Morgan fingerprint density at radius 2 is 2.09 bits per heavy atom. The van der Waals surface area contributed by atoms with Gasteiger partial charge in [-0.1, -0.05) is 6.07 Å². The van der Waals surface area contributed by atoms with E-state index in [-0.39, 0.29) is 6.61 Å². The van der Waals surface area contributed by atoms with Gasteiger partial charge in [0, 0.05) is 19.7 Å². The molecule has 0 N–H and O–H groups in total. The van der Waals surface area contributed by atoms with E-state index in [1.54, 1.807) is 24.1 Å². The zero-order valence-electron chi connectivity index (χ0n) is 11.5. The van der Waals surface area contributed by atoms with Crippen molar-refractivity contribution >= 4 is 5.97 Å². The Balaban J connectivity index is 2.04. The molecule has 0 aliphatic carbocycles. The predicted octanol–water partition coefficient (Wildman–Crippen LogP) is 2.98. The van der Waals surface area contributed by atoms with Crippen molar-refractivity contribution in [3.05, 3.63) is 53.1 Å². The summed E-state index contributed by atoms with van der Waals surface area (Å²) in [5.74, 6) is -2.76. The monoisotopic (exact) mass is 316 g/mol. The summed E-state index contributed by atoms with van der Waals surface area (Å²) < 4.78 is 57.8. The van der Waals surface area contributed by atoms with Crippen molar-refractivity contribution in [3.63, 3.8) is 0 Å². The van der Waals surface area contributed by atoms with Crippen LogP contribution >= 0.6 is 0 Å². The number of benzene rings is 1. The number of halogens is 4. The number of aromatic nitrogens is 2. The molecule has 4 nitrogen and oxygen atoms in total.